The molecule has 1 saturated carbocycles. The van der Waals surface area contributed by atoms with Crippen LogP contribution in [0.15, 0.2) is 0 Å². The molecule has 6 heteroatoms. The van der Waals surface area contributed by atoms with Gasteiger partial charge < -0.3 is 20.6 Å². The molecule has 1 aliphatic heterocycles. The van der Waals surface area contributed by atoms with Crippen LogP contribution in [0, 0.1) is 5.92 Å². The predicted molar refractivity (Wildman–Crippen MR) is 93.5 cm³/mol. The van der Waals surface area contributed by atoms with E-state index in [-0.39, 0.29) is 18.4 Å². The number of carbonyl (C=O) groups is 2. The van der Waals surface area contributed by atoms with Crippen LogP contribution in [0.4, 0.5) is 0 Å². The van der Waals surface area contributed by atoms with Gasteiger partial charge in [0.05, 0.1) is 0 Å². The average Bonchev–Trinajstić information content (AvgIpc) is 2.57. The van der Waals surface area contributed by atoms with E-state index in [9.17, 15) is 14.7 Å². The summed E-state index contributed by atoms with van der Waals surface area (Å²) in [5.74, 6) is 0.548. The number of piperidine rings is 1. The third kappa shape index (κ3) is 5.74. The first-order valence-corrected chi connectivity index (χ1v) is 9.48. The zero-order valence-corrected chi connectivity index (χ0v) is 15.0. The van der Waals surface area contributed by atoms with Crippen LogP contribution in [0.5, 0.6) is 0 Å². The van der Waals surface area contributed by atoms with Gasteiger partial charge in [-0.2, -0.15) is 0 Å². The van der Waals surface area contributed by atoms with Crippen molar-refractivity contribution in [2.45, 2.75) is 63.9 Å². The van der Waals surface area contributed by atoms with Gasteiger partial charge >= 0.3 is 0 Å². The molecule has 0 radical (unpaired) electrons. The molecule has 1 unspecified atom stereocenters. The van der Waals surface area contributed by atoms with Crippen LogP contribution in [0.3, 0.4) is 0 Å². The highest BCUT2D eigenvalue weighted by Gasteiger charge is 2.41. The summed E-state index contributed by atoms with van der Waals surface area (Å²) in [7, 11) is 0. The van der Waals surface area contributed by atoms with Gasteiger partial charge in [-0.1, -0.05) is 32.1 Å². The topological polar surface area (TPSA) is 81.7 Å². The lowest BCUT2D eigenvalue weighted by Crippen LogP contribution is -2.58. The third-order valence-corrected chi connectivity index (χ3v) is 5.33. The fourth-order valence-electron chi connectivity index (χ4n) is 3.88. The Hall–Kier alpha value is -1.14. The normalized spacial score (nSPS) is 25.8. The van der Waals surface area contributed by atoms with E-state index in [0.717, 1.165) is 31.8 Å². The van der Waals surface area contributed by atoms with Gasteiger partial charge in [0, 0.05) is 39.6 Å². The molecule has 1 aliphatic carbocycles. The van der Waals surface area contributed by atoms with Crippen molar-refractivity contribution in [3.05, 3.63) is 0 Å². The van der Waals surface area contributed by atoms with Gasteiger partial charge in [0.25, 0.3) is 5.91 Å². The molecule has 2 aliphatic rings. The van der Waals surface area contributed by atoms with Crippen molar-refractivity contribution in [2.75, 3.05) is 32.7 Å². The molecule has 24 heavy (non-hydrogen) atoms. The minimum atomic E-state index is -1.29. The van der Waals surface area contributed by atoms with Gasteiger partial charge in [-0.3, -0.25) is 9.59 Å². The maximum atomic E-state index is 12.7. The highest BCUT2D eigenvalue weighted by atomic mass is 16.3. The van der Waals surface area contributed by atoms with E-state index < -0.39 is 5.60 Å². The molecule has 6 nitrogen and oxygen atoms in total. The molecule has 1 heterocycles. The summed E-state index contributed by atoms with van der Waals surface area (Å²) in [4.78, 5) is 25.3. The number of aliphatic hydroxyl groups is 1. The van der Waals surface area contributed by atoms with Crippen molar-refractivity contribution in [1.29, 1.82) is 0 Å². The second kappa shape index (κ2) is 9.37. The first-order valence-electron chi connectivity index (χ1n) is 9.48. The minimum absolute atomic E-state index is 0.0712. The number of amides is 2. The van der Waals surface area contributed by atoms with Crippen molar-refractivity contribution in [3.63, 3.8) is 0 Å². The number of nitrogens with one attached hydrogen (secondary N) is 2. The molecule has 3 N–H and O–H groups in total. The highest BCUT2D eigenvalue weighted by molar-refractivity contribution is 5.86. The van der Waals surface area contributed by atoms with Gasteiger partial charge in [0.15, 0.2) is 5.60 Å². The molecule has 0 bridgehead atoms. The summed E-state index contributed by atoms with van der Waals surface area (Å²) >= 11 is 0. The van der Waals surface area contributed by atoms with Gasteiger partial charge in [-0.25, -0.2) is 0 Å². The number of likely N-dealkylation sites (tertiary alicyclic amines) is 1. The van der Waals surface area contributed by atoms with Crippen LogP contribution in [0.1, 0.15) is 58.3 Å². The van der Waals surface area contributed by atoms with Crippen molar-refractivity contribution in [1.82, 2.24) is 15.5 Å². The lowest BCUT2D eigenvalue weighted by Gasteiger charge is -2.39. The van der Waals surface area contributed by atoms with Crippen molar-refractivity contribution in [3.8, 4) is 0 Å². The zero-order chi connectivity index (χ0) is 17.4. The summed E-state index contributed by atoms with van der Waals surface area (Å²) in [5.41, 5.74) is -1.29. The largest absolute Gasteiger partial charge is 0.379 e. The minimum Gasteiger partial charge on any atom is -0.379 e. The number of nitrogens with zero attached hydrogens (tertiary/aromatic N) is 1. The van der Waals surface area contributed by atoms with E-state index in [4.69, 9.17) is 0 Å². The first kappa shape index (κ1) is 19.2. The fourth-order valence-corrected chi connectivity index (χ4v) is 3.88. The summed E-state index contributed by atoms with van der Waals surface area (Å²) in [6.45, 7) is 4.33. The second-order valence-corrected chi connectivity index (χ2v) is 7.38. The lowest BCUT2D eigenvalue weighted by atomic mass is 9.86. The fraction of sp³-hybridized carbons (Fsp3) is 0.889. The Bertz CT molecular complexity index is 424. The number of hydrogen-bond donors (Lipinski definition) is 3. The highest BCUT2D eigenvalue weighted by Crippen LogP contribution is 2.28. The lowest BCUT2D eigenvalue weighted by molar-refractivity contribution is -0.156. The zero-order valence-electron chi connectivity index (χ0n) is 15.0. The van der Waals surface area contributed by atoms with Crippen LogP contribution >= 0.6 is 0 Å². The number of carbonyl (C=O) groups excluding carboxylic acids is 2. The van der Waals surface area contributed by atoms with Crippen LogP contribution < -0.4 is 10.6 Å². The van der Waals surface area contributed by atoms with Gasteiger partial charge in [0.1, 0.15) is 0 Å². The van der Waals surface area contributed by atoms with Gasteiger partial charge in [0.2, 0.25) is 5.91 Å². The Morgan fingerprint density at radius 1 is 1.25 bits per heavy atom. The Morgan fingerprint density at radius 2 is 2.00 bits per heavy atom. The molecule has 2 fully saturated rings. The summed E-state index contributed by atoms with van der Waals surface area (Å²) in [6.07, 6.45) is 9.00. The monoisotopic (exact) mass is 339 g/mol. The quantitative estimate of drug-likeness (QED) is 0.577. The molecular weight excluding hydrogens is 306 g/mol. The second-order valence-electron chi connectivity index (χ2n) is 7.38. The van der Waals surface area contributed by atoms with E-state index in [1.165, 1.54) is 39.0 Å². The Kier molecular flexibility index (Phi) is 7.49. The Morgan fingerprint density at radius 3 is 2.71 bits per heavy atom. The summed E-state index contributed by atoms with van der Waals surface area (Å²) < 4.78 is 0. The summed E-state index contributed by atoms with van der Waals surface area (Å²) in [6, 6.07) is 0. The van der Waals surface area contributed by atoms with Crippen molar-refractivity contribution in [2.24, 2.45) is 5.92 Å². The molecule has 0 aromatic heterocycles. The molecule has 1 atom stereocenters. The van der Waals surface area contributed by atoms with Crippen molar-refractivity contribution < 1.29 is 14.7 Å². The molecule has 138 valence electrons. The average molecular weight is 339 g/mol. The predicted octanol–water partition coefficient (Wildman–Crippen LogP) is 1.04. The van der Waals surface area contributed by atoms with Crippen LogP contribution in [0.2, 0.25) is 0 Å². The van der Waals surface area contributed by atoms with Crippen LogP contribution in [-0.2, 0) is 9.59 Å². The molecule has 0 aromatic rings. The van der Waals surface area contributed by atoms with Crippen LogP contribution in [-0.4, -0.2) is 60.1 Å². The van der Waals surface area contributed by atoms with E-state index in [0.29, 0.717) is 19.5 Å². The standard InChI is InChI=1S/C18H33N3O3/c1-15(22)20-11-10-19-14-18(24)9-5-12-21(17(18)23)13-8-16-6-3-2-4-7-16/h16,19,24H,2-14H2,1H3,(H,20,22). The Balaban J connectivity index is 1.74. The molecular formula is C18H33N3O3. The van der Waals surface area contributed by atoms with E-state index in [2.05, 4.69) is 10.6 Å². The number of rotatable bonds is 8. The van der Waals surface area contributed by atoms with Crippen LogP contribution in [0.25, 0.3) is 0 Å². The smallest absolute Gasteiger partial charge is 0.255 e. The van der Waals surface area contributed by atoms with E-state index >= 15 is 0 Å². The third-order valence-electron chi connectivity index (χ3n) is 5.33. The molecule has 2 amide bonds. The molecule has 0 spiro atoms. The van der Waals surface area contributed by atoms with Gasteiger partial charge in [-0.15, -0.1) is 0 Å². The SMILES string of the molecule is CC(=O)NCCNCC1(O)CCCN(CCC2CCCCC2)C1=O. The molecule has 2 rings (SSSR count). The summed E-state index contributed by atoms with van der Waals surface area (Å²) in [5, 5.41) is 16.5. The van der Waals surface area contributed by atoms with Crippen molar-refractivity contribution >= 4 is 11.8 Å². The Labute approximate surface area is 145 Å². The maximum Gasteiger partial charge on any atom is 0.255 e. The maximum absolute atomic E-state index is 12.7. The first-order chi connectivity index (χ1) is 11.5. The van der Waals surface area contributed by atoms with E-state index in [1.807, 2.05) is 4.90 Å². The van der Waals surface area contributed by atoms with E-state index in [1.54, 1.807) is 0 Å². The molecule has 0 aromatic carbocycles. The van der Waals surface area contributed by atoms with Gasteiger partial charge in [-0.05, 0) is 25.2 Å². The molecule has 1 saturated heterocycles. The number of hydrogen-bond acceptors (Lipinski definition) is 4.